The van der Waals surface area contributed by atoms with Crippen molar-refractivity contribution in [1.82, 2.24) is 5.32 Å². The second-order valence-corrected chi connectivity index (χ2v) is 7.87. The maximum atomic E-state index is 13.2. The molecule has 178 valence electrons. The SMILES string of the molecule is N#Cc1cccc(CNC(=O)C(=O)N(CC(F)(F)F)c2ccc(N3CCCCCC3=O)cc2)c1. The molecule has 0 unspecified atom stereocenters. The third kappa shape index (κ3) is 6.57. The van der Waals surface area contributed by atoms with E-state index in [0.29, 0.717) is 34.7 Å². The van der Waals surface area contributed by atoms with Gasteiger partial charge in [0.05, 0.1) is 11.6 Å². The Morgan fingerprint density at radius 2 is 1.82 bits per heavy atom. The lowest BCUT2D eigenvalue weighted by Gasteiger charge is -2.25. The Morgan fingerprint density at radius 3 is 2.50 bits per heavy atom. The molecule has 3 rings (SSSR count). The number of benzene rings is 2. The standard InChI is InChI=1S/C24H23F3N4O3/c25-24(26,27)16-31(23(34)22(33)29-15-18-6-4-5-17(13-18)14-28)20-10-8-19(9-11-20)30-12-3-1-2-7-21(30)32/h4-6,8-11,13H,1-3,7,12,15-16H2,(H,29,33). The zero-order chi connectivity index (χ0) is 24.7. The van der Waals surface area contributed by atoms with Crippen LogP contribution in [0, 0.1) is 11.3 Å². The van der Waals surface area contributed by atoms with E-state index in [9.17, 15) is 27.6 Å². The third-order valence-corrected chi connectivity index (χ3v) is 5.33. The van der Waals surface area contributed by atoms with E-state index >= 15 is 0 Å². The molecule has 1 N–H and O–H groups in total. The van der Waals surface area contributed by atoms with E-state index in [4.69, 9.17) is 5.26 Å². The van der Waals surface area contributed by atoms with Gasteiger partial charge in [0.15, 0.2) is 0 Å². The lowest BCUT2D eigenvalue weighted by Crippen LogP contribution is -2.46. The number of hydrogen-bond donors (Lipinski definition) is 1. The van der Waals surface area contributed by atoms with Gasteiger partial charge in [-0.2, -0.15) is 18.4 Å². The number of amides is 3. The topological polar surface area (TPSA) is 93.5 Å². The van der Waals surface area contributed by atoms with Crippen LogP contribution < -0.4 is 15.1 Å². The molecule has 1 aliphatic rings. The summed E-state index contributed by atoms with van der Waals surface area (Å²) in [6, 6.07) is 13.7. The molecule has 0 saturated carbocycles. The van der Waals surface area contributed by atoms with Crippen LogP contribution in [0.25, 0.3) is 0 Å². The Hall–Kier alpha value is -3.87. The number of halogens is 3. The molecule has 2 aromatic rings. The highest BCUT2D eigenvalue weighted by atomic mass is 19.4. The van der Waals surface area contributed by atoms with E-state index in [1.165, 1.54) is 30.3 Å². The smallest absolute Gasteiger partial charge is 0.344 e. The Morgan fingerprint density at radius 1 is 1.09 bits per heavy atom. The average Bonchev–Trinajstić information content (AvgIpc) is 3.04. The predicted octanol–water partition coefficient (Wildman–Crippen LogP) is 3.68. The summed E-state index contributed by atoms with van der Waals surface area (Å²) in [6.45, 7) is -1.26. The largest absolute Gasteiger partial charge is 0.406 e. The number of carbonyl (C=O) groups is 3. The first-order valence-corrected chi connectivity index (χ1v) is 10.7. The summed E-state index contributed by atoms with van der Waals surface area (Å²) in [7, 11) is 0. The summed E-state index contributed by atoms with van der Waals surface area (Å²) < 4.78 is 39.6. The van der Waals surface area contributed by atoms with Gasteiger partial charge in [0.2, 0.25) is 5.91 Å². The number of rotatable bonds is 5. The van der Waals surface area contributed by atoms with Gasteiger partial charge in [-0.15, -0.1) is 0 Å². The van der Waals surface area contributed by atoms with E-state index in [1.807, 2.05) is 6.07 Å². The fraction of sp³-hybridized carbons (Fsp3) is 0.333. The molecule has 3 amide bonds. The lowest BCUT2D eigenvalue weighted by atomic mass is 10.1. The van der Waals surface area contributed by atoms with Gasteiger partial charge in [0.1, 0.15) is 6.54 Å². The molecule has 34 heavy (non-hydrogen) atoms. The van der Waals surface area contributed by atoms with Crippen LogP contribution in [0.3, 0.4) is 0 Å². The molecule has 1 saturated heterocycles. The van der Waals surface area contributed by atoms with Gasteiger partial charge in [0, 0.05) is 30.9 Å². The average molecular weight is 472 g/mol. The maximum absolute atomic E-state index is 13.2. The van der Waals surface area contributed by atoms with Crippen molar-refractivity contribution in [2.24, 2.45) is 0 Å². The maximum Gasteiger partial charge on any atom is 0.406 e. The Balaban J connectivity index is 1.76. The molecule has 1 fully saturated rings. The third-order valence-electron chi connectivity index (χ3n) is 5.33. The van der Waals surface area contributed by atoms with Crippen LogP contribution in [0.5, 0.6) is 0 Å². The summed E-state index contributed by atoms with van der Waals surface area (Å²) in [5.74, 6) is -2.64. The normalized spacial score (nSPS) is 14.2. The molecule has 0 radical (unpaired) electrons. The number of nitrogens with one attached hydrogen (secondary N) is 1. The summed E-state index contributed by atoms with van der Waals surface area (Å²) in [5, 5.41) is 11.2. The first-order chi connectivity index (χ1) is 16.2. The minimum Gasteiger partial charge on any atom is -0.344 e. The van der Waals surface area contributed by atoms with Crippen molar-refractivity contribution < 1.29 is 27.6 Å². The Bertz CT molecular complexity index is 1090. The van der Waals surface area contributed by atoms with E-state index in [2.05, 4.69) is 5.32 Å². The van der Waals surface area contributed by atoms with E-state index < -0.39 is 24.5 Å². The lowest BCUT2D eigenvalue weighted by molar-refractivity contribution is -0.142. The Labute approximate surface area is 194 Å². The van der Waals surface area contributed by atoms with Gasteiger partial charge in [-0.1, -0.05) is 18.6 Å². The summed E-state index contributed by atoms with van der Waals surface area (Å²) in [4.78, 5) is 39.3. The first kappa shape index (κ1) is 24.8. The summed E-state index contributed by atoms with van der Waals surface area (Å²) in [6.07, 6.45) is -1.81. The zero-order valence-electron chi connectivity index (χ0n) is 18.3. The van der Waals surface area contributed by atoms with Gasteiger partial charge in [-0.25, -0.2) is 0 Å². The van der Waals surface area contributed by atoms with Crippen molar-refractivity contribution in [3.63, 3.8) is 0 Å². The monoisotopic (exact) mass is 472 g/mol. The molecule has 10 heteroatoms. The second-order valence-electron chi connectivity index (χ2n) is 7.87. The number of hydrogen-bond acceptors (Lipinski definition) is 4. The van der Waals surface area contributed by atoms with Gasteiger partial charge in [-0.3, -0.25) is 19.3 Å². The highest BCUT2D eigenvalue weighted by Crippen LogP contribution is 2.27. The van der Waals surface area contributed by atoms with Crippen LogP contribution >= 0.6 is 0 Å². The van der Waals surface area contributed by atoms with Crippen molar-refractivity contribution in [3.8, 4) is 6.07 Å². The fourth-order valence-corrected chi connectivity index (χ4v) is 3.66. The molecular weight excluding hydrogens is 449 g/mol. The van der Waals surface area contributed by atoms with E-state index in [-0.39, 0.29) is 18.1 Å². The molecule has 7 nitrogen and oxygen atoms in total. The second kappa shape index (κ2) is 10.8. The highest BCUT2D eigenvalue weighted by Gasteiger charge is 2.36. The molecule has 0 atom stereocenters. The molecule has 1 heterocycles. The quantitative estimate of drug-likeness (QED) is 0.672. The minimum absolute atomic E-state index is 0.0617. The highest BCUT2D eigenvalue weighted by molar-refractivity contribution is 6.40. The van der Waals surface area contributed by atoms with Gasteiger partial charge >= 0.3 is 18.0 Å². The van der Waals surface area contributed by atoms with Crippen LogP contribution in [0.4, 0.5) is 24.5 Å². The van der Waals surface area contributed by atoms with Crippen molar-refractivity contribution in [2.75, 3.05) is 22.9 Å². The van der Waals surface area contributed by atoms with E-state index in [1.54, 1.807) is 23.1 Å². The number of nitriles is 1. The molecule has 1 aliphatic heterocycles. The summed E-state index contributed by atoms with van der Waals surface area (Å²) >= 11 is 0. The van der Waals surface area contributed by atoms with Crippen LogP contribution in [0.1, 0.15) is 36.8 Å². The van der Waals surface area contributed by atoms with Crippen molar-refractivity contribution in [3.05, 3.63) is 59.7 Å². The molecule has 0 bridgehead atoms. The van der Waals surface area contributed by atoms with Crippen LogP contribution in [-0.4, -0.2) is 37.0 Å². The van der Waals surface area contributed by atoms with Gasteiger partial charge in [-0.05, 0) is 54.8 Å². The van der Waals surface area contributed by atoms with Crippen LogP contribution in [0.2, 0.25) is 0 Å². The Kier molecular flexibility index (Phi) is 7.89. The zero-order valence-corrected chi connectivity index (χ0v) is 18.3. The number of alkyl halides is 3. The van der Waals surface area contributed by atoms with Crippen LogP contribution in [-0.2, 0) is 20.9 Å². The fourth-order valence-electron chi connectivity index (χ4n) is 3.66. The van der Waals surface area contributed by atoms with E-state index in [0.717, 1.165) is 19.3 Å². The number of nitrogens with zero attached hydrogens (tertiary/aromatic N) is 3. The van der Waals surface area contributed by atoms with Gasteiger partial charge < -0.3 is 10.2 Å². The molecule has 0 aromatic heterocycles. The molecule has 0 spiro atoms. The van der Waals surface area contributed by atoms with Crippen LogP contribution in [0.15, 0.2) is 48.5 Å². The molecule has 2 aromatic carbocycles. The molecular formula is C24H23F3N4O3. The summed E-state index contributed by atoms with van der Waals surface area (Å²) in [5.41, 5.74) is 1.28. The van der Waals surface area contributed by atoms with Crippen molar-refractivity contribution in [2.45, 2.75) is 38.4 Å². The number of carbonyl (C=O) groups excluding carboxylic acids is 3. The predicted molar refractivity (Wildman–Crippen MR) is 119 cm³/mol. The van der Waals surface area contributed by atoms with Gasteiger partial charge in [0.25, 0.3) is 0 Å². The van der Waals surface area contributed by atoms with Crippen molar-refractivity contribution >= 4 is 29.1 Å². The molecule has 0 aliphatic carbocycles. The minimum atomic E-state index is -4.74. The number of anilines is 2. The van der Waals surface area contributed by atoms with Crippen molar-refractivity contribution in [1.29, 1.82) is 5.26 Å². The first-order valence-electron chi connectivity index (χ1n) is 10.7.